The first-order valence-electron chi connectivity index (χ1n) is 13.0. The summed E-state index contributed by atoms with van der Waals surface area (Å²) >= 11 is 1.55. The molecule has 0 bridgehead atoms. The molecule has 0 amide bonds. The Balaban J connectivity index is 1.29. The molecule has 1 atom stereocenters. The Hall–Kier alpha value is -2.33. The molecule has 1 unspecified atom stereocenters. The van der Waals surface area contributed by atoms with Crippen LogP contribution in [-0.2, 0) is 4.74 Å². The molecule has 2 aromatic heterocycles. The zero-order chi connectivity index (χ0) is 23.6. The third-order valence-corrected chi connectivity index (χ3v) is 8.76. The Labute approximate surface area is 209 Å². The van der Waals surface area contributed by atoms with Crippen molar-refractivity contribution >= 4 is 27.4 Å². The van der Waals surface area contributed by atoms with Gasteiger partial charge in [0.05, 0.1) is 10.2 Å². The van der Waals surface area contributed by atoms with E-state index in [1.807, 2.05) is 18.2 Å². The number of ether oxygens (including phenoxy) is 1. The lowest BCUT2D eigenvalue weighted by molar-refractivity contribution is 0.0248. The average Bonchev–Trinajstić information content (AvgIpc) is 3.33. The van der Waals surface area contributed by atoms with Crippen molar-refractivity contribution in [3.63, 3.8) is 0 Å². The quantitative estimate of drug-likeness (QED) is 0.499. The highest BCUT2D eigenvalue weighted by Gasteiger charge is 2.29. The second kappa shape index (κ2) is 10.3. The van der Waals surface area contributed by atoms with E-state index in [1.54, 1.807) is 11.3 Å². The van der Waals surface area contributed by atoms with Gasteiger partial charge in [-0.3, -0.25) is 4.79 Å². The summed E-state index contributed by atoms with van der Waals surface area (Å²) in [5, 5.41) is 7.81. The van der Waals surface area contributed by atoms with Crippen molar-refractivity contribution in [3.05, 3.63) is 40.4 Å². The van der Waals surface area contributed by atoms with Crippen LogP contribution in [0, 0.1) is 0 Å². The number of para-hydroxylation sites is 1. The molecule has 6 rings (SSSR count). The summed E-state index contributed by atoms with van der Waals surface area (Å²) in [5.41, 5.74) is 1.40. The van der Waals surface area contributed by atoms with Gasteiger partial charge >= 0.3 is 0 Å². The maximum atomic E-state index is 13.5. The third kappa shape index (κ3) is 5.00. The fraction of sp³-hybridized carbons (Fsp3) is 0.577. The first-order chi connectivity index (χ1) is 17.2. The Morgan fingerprint density at radius 1 is 1.06 bits per heavy atom. The molecular weight excluding hydrogens is 460 g/mol. The molecule has 3 aliphatic heterocycles. The molecule has 3 N–H and O–H groups in total. The van der Waals surface area contributed by atoms with Crippen LogP contribution in [0.4, 0.5) is 5.82 Å². The first kappa shape index (κ1) is 23.1. The molecule has 8 nitrogen and oxygen atoms in total. The van der Waals surface area contributed by atoms with Crippen LogP contribution >= 0.6 is 11.3 Å². The molecule has 3 aliphatic rings. The first-order valence-corrected chi connectivity index (χ1v) is 13.9. The number of thiazole rings is 1. The number of aromatic amines is 1. The second-order valence-electron chi connectivity index (χ2n) is 10.0. The SMILES string of the molecule is O=c1[nH]c(C2CCN(C3CCOCC3)CC2)nc(NC2CCCNC2)c1-c1nc2ccccc2s1. The van der Waals surface area contributed by atoms with Gasteiger partial charge in [-0.1, -0.05) is 12.1 Å². The molecular formula is C26H34N6O2S. The summed E-state index contributed by atoms with van der Waals surface area (Å²) in [6, 6.07) is 8.93. The second-order valence-corrected chi connectivity index (χ2v) is 11.0. The van der Waals surface area contributed by atoms with E-state index in [4.69, 9.17) is 14.7 Å². The number of nitrogens with one attached hydrogen (secondary N) is 3. The minimum atomic E-state index is -0.0906. The lowest BCUT2D eigenvalue weighted by Crippen LogP contribution is -2.44. The maximum Gasteiger partial charge on any atom is 0.263 e. The van der Waals surface area contributed by atoms with Gasteiger partial charge in [-0.2, -0.15) is 0 Å². The minimum Gasteiger partial charge on any atom is -0.381 e. The van der Waals surface area contributed by atoms with Crippen molar-refractivity contribution < 1.29 is 4.74 Å². The van der Waals surface area contributed by atoms with Gasteiger partial charge in [-0.05, 0) is 70.3 Å². The van der Waals surface area contributed by atoms with Gasteiger partial charge in [0, 0.05) is 37.8 Å². The number of benzene rings is 1. The fourth-order valence-electron chi connectivity index (χ4n) is 5.72. The van der Waals surface area contributed by atoms with Crippen LogP contribution in [0.5, 0.6) is 0 Å². The van der Waals surface area contributed by atoms with Gasteiger partial charge in [0.2, 0.25) is 0 Å². The number of piperidine rings is 2. The van der Waals surface area contributed by atoms with Crippen molar-refractivity contribution in [2.24, 2.45) is 0 Å². The zero-order valence-electron chi connectivity index (χ0n) is 20.1. The maximum absolute atomic E-state index is 13.5. The average molecular weight is 495 g/mol. The summed E-state index contributed by atoms with van der Waals surface area (Å²) in [6.45, 7) is 5.77. The van der Waals surface area contributed by atoms with Gasteiger partial charge in [0.15, 0.2) is 0 Å². The lowest BCUT2D eigenvalue weighted by Gasteiger charge is -2.39. The van der Waals surface area contributed by atoms with E-state index in [-0.39, 0.29) is 17.5 Å². The monoisotopic (exact) mass is 494 g/mol. The predicted octanol–water partition coefficient (Wildman–Crippen LogP) is 3.57. The van der Waals surface area contributed by atoms with Crippen molar-refractivity contribution in [2.75, 3.05) is 44.7 Å². The number of nitrogens with zero attached hydrogens (tertiary/aromatic N) is 3. The molecule has 0 aliphatic carbocycles. The molecule has 0 radical (unpaired) electrons. The normalized spacial score (nSPS) is 23.0. The van der Waals surface area contributed by atoms with Crippen LogP contribution in [0.15, 0.2) is 29.1 Å². The van der Waals surface area contributed by atoms with Crippen LogP contribution < -0.4 is 16.2 Å². The molecule has 0 saturated carbocycles. The van der Waals surface area contributed by atoms with E-state index >= 15 is 0 Å². The number of hydrogen-bond donors (Lipinski definition) is 3. The van der Waals surface area contributed by atoms with E-state index in [9.17, 15) is 4.79 Å². The largest absolute Gasteiger partial charge is 0.381 e. The highest BCUT2D eigenvalue weighted by atomic mass is 32.1. The van der Waals surface area contributed by atoms with Gasteiger partial charge in [-0.25, -0.2) is 9.97 Å². The summed E-state index contributed by atoms with van der Waals surface area (Å²) in [7, 11) is 0. The number of hydrogen-bond acceptors (Lipinski definition) is 8. The Bertz CT molecular complexity index is 1170. The van der Waals surface area contributed by atoms with Crippen molar-refractivity contribution in [2.45, 2.75) is 56.5 Å². The third-order valence-electron chi connectivity index (χ3n) is 7.71. The number of likely N-dealkylation sites (tertiary alicyclic amines) is 1. The van der Waals surface area contributed by atoms with Crippen molar-refractivity contribution in [1.29, 1.82) is 0 Å². The van der Waals surface area contributed by atoms with Crippen LogP contribution in [0.2, 0.25) is 0 Å². The Kier molecular flexibility index (Phi) is 6.82. The summed E-state index contributed by atoms with van der Waals surface area (Å²) in [6.07, 6.45) is 6.48. The Morgan fingerprint density at radius 2 is 1.89 bits per heavy atom. The molecule has 3 aromatic rings. The van der Waals surface area contributed by atoms with Crippen molar-refractivity contribution in [3.8, 4) is 10.6 Å². The number of anilines is 1. The topological polar surface area (TPSA) is 95.2 Å². The molecule has 5 heterocycles. The smallest absolute Gasteiger partial charge is 0.263 e. The van der Waals surface area contributed by atoms with E-state index in [2.05, 4.69) is 26.6 Å². The van der Waals surface area contributed by atoms with Crippen LogP contribution in [-0.4, -0.2) is 71.3 Å². The van der Waals surface area contributed by atoms with Crippen molar-refractivity contribution in [1.82, 2.24) is 25.2 Å². The van der Waals surface area contributed by atoms with Gasteiger partial charge in [-0.15, -0.1) is 11.3 Å². The molecule has 1 aromatic carbocycles. The summed E-state index contributed by atoms with van der Waals surface area (Å²) in [5.74, 6) is 1.77. The summed E-state index contributed by atoms with van der Waals surface area (Å²) in [4.78, 5) is 29.2. The number of rotatable bonds is 5. The van der Waals surface area contributed by atoms with E-state index < -0.39 is 0 Å². The zero-order valence-corrected chi connectivity index (χ0v) is 20.9. The number of H-pyrrole nitrogens is 1. The molecule has 9 heteroatoms. The molecule has 186 valence electrons. The summed E-state index contributed by atoms with van der Waals surface area (Å²) < 4.78 is 6.62. The lowest BCUT2D eigenvalue weighted by atomic mass is 9.93. The Morgan fingerprint density at radius 3 is 2.66 bits per heavy atom. The van der Waals surface area contributed by atoms with E-state index in [1.165, 1.54) is 0 Å². The minimum absolute atomic E-state index is 0.0906. The highest BCUT2D eigenvalue weighted by molar-refractivity contribution is 7.21. The van der Waals surface area contributed by atoms with E-state index in [0.717, 1.165) is 99.0 Å². The van der Waals surface area contributed by atoms with Crippen LogP contribution in [0.25, 0.3) is 20.8 Å². The molecule has 35 heavy (non-hydrogen) atoms. The van der Waals surface area contributed by atoms with Crippen LogP contribution in [0.1, 0.15) is 50.3 Å². The number of fused-ring (bicyclic) bond motifs is 1. The fourth-order valence-corrected chi connectivity index (χ4v) is 6.73. The van der Waals surface area contributed by atoms with Gasteiger partial charge in [0.25, 0.3) is 5.56 Å². The molecule has 0 spiro atoms. The highest BCUT2D eigenvalue weighted by Crippen LogP contribution is 2.34. The van der Waals surface area contributed by atoms with Gasteiger partial charge in [0.1, 0.15) is 22.2 Å². The van der Waals surface area contributed by atoms with E-state index in [0.29, 0.717) is 17.4 Å². The molecule has 3 saturated heterocycles. The predicted molar refractivity (Wildman–Crippen MR) is 140 cm³/mol. The van der Waals surface area contributed by atoms with Gasteiger partial charge < -0.3 is 25.3 Å². The standard InChI is InChI=1S/C26H34N6O2S/c33-25-22(26-29-20-5-1-2-6-21(20)35-26)24(28-18-4-3-11-27-16-18)30-23(31-25)17-7-12-32(13-8-17)19-9-14-34-15-10-19/h1-2,5-6,17-19,27H,3-4,7-16H2,(H2,28,30,31,33). The molecule has 3 fully saturated rings. The van der Waals surface area contributed by atoms with Crippen LogP contribution in [0.3, 0.4) is 0 Å². The number of aromatic nitrogens is 3.